The van der Waals surface area contributed by atoms with Crippen molar-refractivity contribution in [3.05, 3.63) is 24.5 Å². The summed E-state index contributed by atoms with van der Waals surface area (Å²) in [7, 11) is 0. The van der Waals surface area contributed by atoms with E-state index >= 15 is 0 Å². The quantitative estimate of drug-likeness (QED) is 0.816. The fourth-order valence-corrected chi connectivity index (χ4v) is 1.71. The lowest BCUT2D eigenvalue weighted by atomic mass is 10.3. The van der Waals surface area contributed by atoms with Crippen molar-refractivity contribution in [1.82, 2.24) is 15.2 Å². The maximum atomic E-state index is 10.9. The number of rotatable bonds is 4. The van der Waals surface area contributed by atoms with Gasteiger partial charge in [-0.05, 0) is 19.1 Å². The molecule has 0 saturated carbocycles. The summed E-state index contributed by atoms with van der Waals surface area (Å²) in [6.45, 7) is 1.68. The number of nitrogens with zero attached hydrogens (tertiary/aromatic N) is 3. The Labute approximate surface area is 102 Å². The van der Waals surface area contributed by atoms with Gasteiger partial charge in [0.2, 0.25) is 11.8 Å². The third-order valence-corrected chi connectivity index (χ3v) is 2.96. The Bertz CT molecular complexity index is 514. The van der Waals surface area contributed by atoms with Gasteiger partial charge in [0.15, 0.2) is 0 Å². The van der Waals surface area contributed by atoms with Crippen LogP contribution in [0, 0.1) is 0 Å². The molecule has 1 atom stereocenters. The van der Waals surface area contributed by atoms with E-state index in [0.29, 0.717) is 11.1 Å². The van der Waals surface area contributed by atoms with E-state index in [1.165, 1.54) is 0 Å². The van der Waals surface area contributed by atoms with Crippen LogP contribution in [0.25, 0.3) is 11.5 Å². The Morgan fingerprint density at radius 1 is 1.41 bits per heavy atom. The summed E-state index contributed by atoms with van der Waals surface area (Å²) in [4.78, 5) is 14.8. The molecule has 2 N–H and O–H groups in total. The van der Waals surface area contributed by atoms with Crippen molar-refractivity contribution < 1.29 is 9.21 Å². The number of carbonyl (C=O) groups is 1. The fraction of sp³-hybridized carbons (Fsp3) is 0.200. The minimum Gasteiger partial charge on any atom is -0.411 e. The van der Waals surface area contributed by atoms with Gasteiger partial charge < -0.3 is 10.2 Å². The van der Waals surface area contributed by atoms with Crippen molar-refractivity contribution in [2.24, 2.45) is 5.73 Å². The van der Waals surface area contributed by atoms with Crippen LogP contribution in [0.3, 0.4) is 0 Å². The molecule has 7 heteroatoms. The largest absolute Gasteiger partial charge is 0.411 e. The minimum atomic E-state index is -0.418. The number of primary amides is 1. The molecule has 88 valence electrons. The summed E-state index contributed by atoms with van der Waals surface area (Å²) >= 11 is 1.14. The lowest BCUT2D eigenvalue weighted by Gasteiger charge is -2.00. The van der Waals surface area contributed by atoms with Gasteiger partial charge in [0.1, 0.15) is 0 Å². The second kappa shape index (κ2) is 4.96. The summed E-state index contributed by atoms with van der Waals surface area (Å²) in [5.41, 5.74) is 5.93. The van der Waals surface area contributed by atoms with Crippen molar-refractivity contribution in [2.75, 3.05) is 0 Å². The van der Waals surface area contributed by atoms with E-state index in [2.05, 4.69) is 15.2 Å². The number of hydrogen-bond acceptors (Lipinski definition) is 6. The first-order valence-corrected chi connectivity index (χ1v) is 5.74. The molecule has 0 aromatic carbocycles. The van der Waals surface area contributed by atoms with Crippen LogP contribution in [0.4, 0.5) is 0 Å². The van der Waals surface area contributed by atoms with Crippen LogP contribution in [0.15, 0.2) is 34.2 Å². The number of carbonyl (C=O) groups excluding carboxylic acids is 1. The van der Waals surface area contributed by atoms with E-state index in [1.54, 1.807) is 31.5 Å². The SMILES string of the molecule is CC(Sc1nnc(-c2ccncc2)o1)C(N)=O. The molecule has 17 heavy (non-hydrogen) atoms. The molecule has 0 saturated heterocycles. The molecule has 0 fully saturated rings. The molecule has 0 aliphatic heterocycles. The standard InChI is InChI=1S/C10H10N4O2S/c1-6(8(11)15)17-10-14-13-9(16-10)7-2-4-12-5-3-7/h2-6H,1H3,(H2,11,15). The third kappa shape index (κ3) is 2.82. The summed E-state index contributed by atoms with van der Waals surface area (Å²) in [5.74, 6) is -0.0229. The highest BCUT2D eigenvalue weighted by Crippen LogP contribution is 2.25. The monoisotopic (exact) mass is 250 g/mol. The molecule has 2 rings (SSSR count). The van der Waals surface area contributed by atoms with Crippen LogP contribution < -0.4 is 5.73 Å². The van der Waals surface area contributed by atoms with E-state index in [4.69, 9.17) is 10.2 Å². The Balaban J connectivity index is 2.14. The molecule has 0 bridgehead atoms. The van der Waals surface area contributed by atoms with Gasteiger partial charge in [-0.1, -0.05) is 11.8 Å². The zero-order valence-corrected chi connectivity index (χ0v) is 9.85. The van der Waals surface area contributed by atoms with E-state index in [9.17, 15) is 4.79 Å². The first-order chi connectivity index (χ1) is 8.16. The molecule has 1 unspecified atom stereocenters. The summed E-state index contributed by atoms with van der Waals surface area (Å²) in [6.07, 6.45) is 3.27. The van der Waals surface area contributed by atoms with Crippen LogP contribution in [-0.4, -0.2) is 26.3 Å². The zero-order chi connectivity index (χ0) is 12.3. The van der Waals surface area contributed by atoms with Gasteiger partial charge in [-0.3, -0.25) is 9.78 Å². The normalized spacial score (nSPS) is 12.3. The average molecular weight is 250 g/mol. The molecule has 1 amide bonds. The van der Waals surface area contributed by atoms with Gasteiger partial charge in [0.05, 0.1) is 5.25 Å². The summed E-state index contributed by atoms with van der Waals surface area (Å²) in [6, 6.07) is 3.53. The second-order valence-electron chi connectivity index (χ2n) is 3.27. The van der Waals surface area contributed by atoms with Gasteiger partial charge in [-0.25, -0.2) is 0 Å². The van der Waals surface area contributed by atoms with Crippen molar-refractivity contribution >= 4 is 17.7 Å². The molecule has 0 radical (unpaired) electrons. The van der Waals surface area contributed by atoms with Crippen molar-refractivity contribution in [3.63, 3.8) is 0 Å². The molecule has 0 spiro atoms. The van der Waals surface area contributed by atoms with Crippen LogP contribution >= 0.6 is 11.8 Å². The molecule has 2 heterocycles. The average Bonchev–Trinajstić information content (AvgIpc) is 2.78. The minimum absolute atomic E-state index is 0.322. The number of thioether (sulfide) groups is 1. The lowest BCUT2D eigenvalue weighted by molar-refractivity contribution is -0.117. The Hall–Kier alpha value is -1.89. The Kier molecular flexibility index (Phi) is 3.38. The molecule has 0 aliphatic rings. The molecular formula is C10H10N4O2S. The summed E-state index contributed by atoms with van der Waals surface area (Å²) < 4.78 is 5.40. The van der Waals surface area contributed by atoms with Gasteiger partial charge >= 0.3 is 0 Å². The molecule has 2 aromatic heterocycles. The predicted octanol–water partition coefficient (Wildman–Crippen LogP) is 1.10. The number of aromatic nitrogens is 3. The number of amides is 1. The fourth-order valence-electron chi connectivity index (χ4n) is 1.08. The van der Waals surface area contributed by atoms with E-state index in [1.807, 2.05) is 0 Å². The van der Waals surface area contributed by atoms with Gasteiger partial charge in [0.25, 0.3) is 5.22 Å². The molecule has 6 nitrogen and oxygen atoms in total. The van der Waals surface area contributed by atoms with Crippen molar-refractivity contribution in [2.45, 2.75) is 17.4 Å². The highest BCUT2D eigenvalue weighted by Gasteiger charge is 2.15. The first kappa shape index (κ1) is 11.6. The first-order valence-electron chi connectivity index (χ1n) is 4.86. The molecular weight excluding hydrogens is 240 g/mol. The van der Waals surface area contributed by atoms with Gasteiger partial charge in [-0.15, -0.1) is 10.2 Å². The lowest BCUT2D eigenvalue weighted by Crippen LogP contribution is -2.22. The molecule has 2 aromatic rings. The zero-order valence-electron chi connectivity index (χ0n) is 9.03. The van der Waals surface area contributed by atoms with E-state index in [-0.39, 0.29) is 0 Å². The number of hydrogen-bond donors (Lipinski definition) is 1. The third-order valence-electron chi connectivity index (χ3n) is 2.01. The Morgan fingerprint density at radius 3 is 2.76 bits per heavy atom. The van der Waals surface area contributed by atoms with E-state index in [0.717, 1.165) is 17.3 Å². The van der Waals surface area contributed by atoms with Crippen LogP contribution in [0.1, 0.15) is 6.92 Å². The smallest absolute Gasteiger partial charge is 0.277 e. The van der Waals surface area contributed by atoms with Crippen LogP contribution in [0.2, 0.25) is 0 Å². The predicted molar refractivity (Wildman–Crippen MR) is 62.0 cm³/mol. The van der Waals surface area contributed by atoms with Gasteiger partial charge in [0, 0.05) is 18.0 Å². The van der Waals surface area contributed by atoms with Crippen LogP contribution in [-0.2, 0) is 4.79 Å². The van der Waals surface area contributed by atoms with E-state index < -0.39 is 11.2 Å². The van der Waals surface area contributed by atoms with Crippen LogP contribution in [0.5, 0.6) is 0 Å². The van der Waals surface area contributed by atoms with Gasteiger partial charge in [-0.2, -0.15) is 0 Å². The second-order valence-corrected chi connectivity index (χ2v) is 4.56. The molecule has 0 aliphatic carbocycles. The number of nitrogens with two attached hydrogens (primary N) is 1. The number of pyridine rings is 1. The maximum absolute atomic E-state index is 10.9. The topological polar surface area (TPSA) is 94.9 Å². The highest BCUT2D eigenvalue weighted by molar-refractivity contribution is 8.00. The van der Waals surface area contributed by atoms with Crippen molar-refractivity contribution in [1.29, 1.82) is 0 Å². The maximum Gasteiger partial charge on any atom is 0.277 e. The highest BCUT2D eigenvalue weighted by atomic mass is 32.2. The Morgan fingerprint density at radius 2 is 2.12 bits per heavy atom. The summed E-state index contributed by atoms with van der Waals surface area (Å²) in [5, 5.41) is 7.63. The van der Waals surface area contributed by atoms with Crippen molar-refractivity contribution in [3.8, 4) is 11.5 Å².